The fraction of sp³-hybridized carbons (Fsp3) is 0.750. The number of hydrogen-bond donors (Lipinski definition) is 2. The number of rotatable bonds is 8. The van der Waals surface area contributed by atoms with Crippen molar-refractivity contribution in [2.24, 2.45) is 10.9 Å². The Morgan fingerprint density at radius 2 is 2.31 bits per heavy atom. The third kappa shape index (κ3) is 6.45. The van der Waals surface area contributed by atoms with Crippen molar-refractivity contribution < 1.29 is 4.74 Å². The molecule has 0 amide bonds. The van der Waals surface area contributed by atoms with Crippen LogP contribution < -0.4 is 10.6 Å². The Kier molecular flexibility index (Phi) is 6.65. The van der Waals surface area contributed by atoms with Crippen LogP contribution in [0.3, 0.4) is 0 Å². The molecule has 1 fully saturated rings. The summed E-state index contributed by atoms with van der Waals surface area (Å²) in [7, 11) is 0. The highest BCUT2D eigenvalue weighted by Gasteiger charge is 2.20. The van der Waals surface area contributed by atoms with E-state index in [1.165, 1.54) is 12.8 Å². The van der Waals surface area contributed by atoms with E-state index in [1.807, 2.05) is 6.08 Å². The van der Waals surface area contributed by atoms with Crippen molar-refractivity contribution >= 4 is 5.96 Å². The number of ether oxygens (including phenoxy) is 1. The van der Waals surface area contributed by atoms with E-state index in [-0.39, 0.29) is 0 Å². The van der Waals surface area contributed by atoms with E-state index in [9.17, 15) is 0 Å². The fourth-order valence-corrected chi connectivity index (χ4v) is 1.27. The van der Waals surface area contributed by atoms with Gasteiger partial charge in [-0.15, -0.1) is 6.58 Å². The molecule has 2 N–H and O–H groups in total. The van der Waals surface area contributed by atoms with Gasteiger partial charge >= 0.3 is 0 Å². The molecule has 1 aliphatic carbocycles. The quantitative estimate of drug-likeness (QED) is 0.282. The molecule has 1 aliphatic rings. The summed E-state index contributed by atoms with van der Waals surface area (Å²) >= 11 is 0. The monoisotopic (exact) mass is 225 g/mol. The first-order valence-electron chi connectivity index (χ1n) is 6.07. The molecule has 0 bridgehead atoms. The van der Waals surface area contributed by atoms with Gasteiger partial charge in [-0.25, -0.2) is 0 Å². The third-order valence-corrected chi connectivity index (χ3v) is 2.31. The molecular formula is C12H23N3O. The van der Waals surface area contributed by atoms with Crippen LogP contribution in [-0.2, 0) is 4.74 Å². The standard InChI is InChI=1S/C12H23N3O/c1-3-7-14-12(13-4-2)15-8-9-16-10-11-5-6-11/h3,11H,1,4-10H2,2H3,(H2,13,14,15). The summed E-state index contributed by atoms with van der Waals surface area (Å²) in [6, 6.07) is 0. The molecule has 0 aromatic rings. The maximum Gasteiger partial charge on any atom is 0.191 e. The fourth-order valence-electron chi connectivity index (χ4n) is 1.27. The van der Waals surface area contributed by atoms with Crippen molar-refractivity contribution in [3.8, 4) is 0 Å². The number of nitrogens with zero attached hydrogens (tertiary/aromatic N) is 1. The molecule has 0 saturated heterocycles. The van der Waals surface area contributed by atoms with Crippen LogP contribution in [0.15, 0.2) is 17.6 Å². The molecule has 0 aromatic heterocycles. The number of aliphatic imine (C=N–C) groups is 1. The SMILES string of the molecule is C=CCNC(=NCCOCC1CC1)NCC. The second-order valence-corrected chi connectivity index (χ2v) is 3.95. The summed E-state index contributed by atoms with van der Waals surface area (Å²) in [5.74, 6) is 1.66. The molecular weight excluding hydrogens is 202 g/mol. The van der Waals surface area contributed by atoms with Gasteiger partial charge in [-0.2, -0.15) is 0 Å². The molecule has 16 heavy (non-hydrogen) atoms. The summed E-state index contributed by atoms with van der Waals surface area (Å²) < 4.78 is 5.51. The highest BCUT2D eigenvalue weighted by Crippen LogP contribution is 2.28. The lowest BCUT2D eigenvalue weighted by molar-refractivity contribution is 0.132. The summed E-state index contributed by atoms with van der Waals surface area (Å²) in [6.07, 6.45) is 4.50. The van der Waals surface area contributed by atoms with E-state index in [0.717, 1.165) is 31.6 Å². The first-order valence-corrected chi connectivity index (χ1v) is 6.07. The highest BCUT2D eigenvalue weighted by atomic mass is 16.5. The van der Waals surface area contributed by atoms with Gasteiger partial charge in [0.25, 0.3) is 0 Å². The Morgan fingerprint density at radius 1 is 1.50 bits per heavy atom. The minimum atomic E-state index is 0.708. The Balaban J connectivity index is 2.07. The zero-order valence-corrected chi connectivity index (χ0v) is 10.2. The molecule has 0 aliphatic heterocycles. The molecule has 0 radical (unpaired) electrons. The van der Waals surface area contributed by atoms with Gasteiger partial charge in [0, 0.05) is 19.7 Å². The van der Waals surface area contributed by atoms with Gasteiger partial charge < -0.3 is 15.4 Å². The first kappa shape index (κ1) is 13.0. The predicted octanol–water partition coefficient (Wildman–Crippen LogP) is 1.15. The minimum absolute atomic E-state index is 0.708. The van der Waals surface area contributed by atoms with E-state index in [2.05, 4.69) is 29.1 Å². The van der Waals surface area contributed by atoms with Crippen LogP contribution in [0.25, 0.3) is 0 Å². The summed E-state index contributed by atoms with van der Waals surface area (Å²) in [6.45, 7) is 9.63. The van der Waals surface area contributed by atoms with Crippen LogP contribution in [0, 0.1) is 5.92 Å². The normalized spacial score (nSPS) is 15.9. The zero-order valence-electron chi connectivity index (χ0n) is 10.2. The van der Waals surface area contributed by atoms with Crippen LogP contribution in [0.4, 0.5) is 0 Å². The van der Waals surface area contributed by atoms with Crippen molar-refractivity contribution in [2.45, 2.75) is 19.8 Å². The van der Waals surface area contributed by atoms with Crippen LogP contribution in [0.1, 0.15) is 19.8 Å². The topological polar surface area (TPSA) is 45.7 Å². The van der Waals surface area contributed by atoms with E-state index in [0.29, 0.717) is 13.2 Å². The van der Waals surface area contributed by atoms with Crippen molar-refractivity contribution in [3.05, 3.63) is 12.7 Å². The van der Waals surface area contributed by atoms with Crippen LogP contribution >= 0.6 is 0 Å². The molecule has 1 rings (SSSR count). The Labute approximate surface area is 98.2 Å². The average molecular weight is 225 g/mol. The third-order valence-electron chi connectivity index (χ3n) is 2.31. The molecule has 0 unspecified atom stereocenters. The second kappa shape index (κ2) is 8.16. The molecule has 0 heterocycles. The summed E-state index contributed by atoms with van der Waals surface area (Å²) in [5, 5.41) is 6.31. The van der Waals surface area contributed by atoms with Crippen molar-refractivity contribution in [1.82, 2.24) is 10.6 Å². The largest absolute Gasteiger partial charge is 0.379 e. The first-order chi connectivity index (χ1) is 7.86. The predicted molar refractivity (Wildman–Crippen MR) is 67.7 cm³/mol. The van der Waals surface area contributed by atoms with Crippen molar-refractivity contribution in [1.29, 1.82) is 0 Å². The Bertz CT molecular complexity index is 224. The van der Waals surface area contributed by atoms with E-state index >= 15 is 0 Å². The smallest absolute Gasteiger partial charge is 0.191 e. The Morgan fingerprint density at radius 3 is 2.94 bits per heavy atom. The van der Waals surface area contributed by atoms with Crippen LogP contribution in [-0.4, -0.2) is 38.8 Å². The number of hydrogen-bond acceptors (Lipinski definition) is 2. The lowest BCUT2D eigenvalue weighted by Crippen LogP contribution is -2.37. The van der Waals surface area contributed by atoms with Gasteiger partial charge in [0.1, 0.15) is 0 Å². The molecule has 0 aromatic carbocycles. The van der Waals surface area contributed by atoms with Crippen LogP contribution in [0.5, 0.6) is 0 Å². The van der Waals surface area contributed by atoms with Gasteiger partial charge in [0.2, 0.25) is 0 Å². The zero-order chi connectivity index (χ0) is 11.6. The lowest BCUT2D eigenvalue weighted by atomic mass is 10.5. The summed E-state index contributed by atoms with van der Waals surface area (Å²) in [4.78, 5) is 4.39. The maximum atomic E-state index is 5.51. The van der Waals surface area contributed by atoms with Gasteiger partial charge in [0.15, 0.2) is 5.96 Å². The Hall–Kier alpha value is -1.03. The lowest BCUT2D eigenvalue weighted by Gasteiger charge is -2.09. The average Bonchev–Trinajstić information content (AvgIpc) is 3.09. The molecule has 4 nitrogen and oxygen atoms in total. The van der Waals surface area contributed by atoms with E-state index in [4.69, 9.17) is 4.74 Å². The van der Waals surface area contributed by atoms with Crippen molar-refractivity contribution in [3.63, 3.8) is 0 Å². The highest BCUT2D eigenvalue weighted by molar-refractivity contribution is 5.79. The van der Waals surface area contributed by atoms with Gasteiger partial charge in [-0.3, -0.25) is 4.99 Å². The van der Waals surface area contributed by atoms with Gasteiger partial charge in [0.05, 0.1) is 13.2 Å². The molecule has 92 valence electrons. The molecule has 0 spiro atoms. The van der Waals surface area contributed by atoms with Crippen LogP contribution in [0.2, 0.25) is 0 Å². The van der Waals surface area contributed by atoms with Crippen molar-refractivity contribution in [2.75, 3.05) is 32.8 Å². The number of nitrogens with one attached hydrogen (secondary N) is 2. The molecule has 1 saturated carbocycles. The summed E-state index contributed by atoms with van der Waals surface area (Å²) in [5.41, 5.74) is 0. The maximum absolute atomic E-state index is 5.51. The number of guanidine groups is 1. The molecule has 4 heteroatoms. The van der Waals surface area contributed by atoms with Gasteiger partial charge in [-0.05, 0) is 25.7 Å². The van der Waals surface area contributed by atoms with E-state index < -0.39 is 0 Å². The molecule has 0 atom stereocenters. The van der Waals surface area contributed by atoms with E-state index in [1.54, 1.807) is 0 Å². The second-order valence-electron chi connectivity index (χ2n) is 3.95. The van der Waals surface area contributed by atoms with Gasteiger partial charge in [-0.1, -0.05) is 6.08 Å². The minimum Gasteiger partial charge on any atom is -0.379 e.